The van der Waals surface area contributed by atoms with Crippen LogP contribution in [0, 0.1) is 5.92 Å². The van der Waals surface area contributed by atoms with Gasteiger partial charge < -0.3 is 9.47 Å². The van der Waals surface area contributed by atoms with E-state index in [9.17, 15) is 4.79 Å². The summed E-state index contributed by atoms with van der Waals surface area (Å²) in [6, 6.07) is 10.2. The first kappa shape index (κ1) is 17.8. The molecule has 1 fully saturated rings. The standard InChI is InChI=1S/C22H28O3/c1-3-24-22(23)21-16(2)25-20(18-12-8-5-9-13-18)15-19(21)14-17-10-6-4-7-11-17/h5,8-9,12-13,15,17,20H,3-4,6-7,10-11,14H2,1-2H3. The fourth-order valence-corrected chi connectivity index (χ4v) is 3.93. The summed E-state index contributed by atoms with van der Waals surface area (Å²) in [6.07, 6.45) is 9.39. The first-order valence-corrected chi connectivity index (χ1v) is 9.49. The number of rotatable bonds is 5. The highest BCUT2D eigenvalue weighted by atomic mass is 16.5. The summed E-state index contributed by atoms with van der Waals surface area (Å²) in [5, 5.41) is 0. The fraction of sp³-hybridized carbons (Fsp3) is 0.500. The Morgan fingerprint density at radius 3 is 2.56 bits per heavy atom. The number of hydrogen-bond acceptors (Lipinski definition) is 3. The molecule has 1 unspecified atom stereocenters. The van der Waals surface area contributed by atoms with Gasteiger partial charge in [-0.3, -0.25) is 0 Å². The zero-order valence-corrected chi connectivity index (χ0v) is 15.3. The van der Waals surface area contributed by atoms with Crippen molar-refractivity contribution in [2.75, 3.05) is 6.61 Å². The number of benzene rings is 1. The predicted molar refractivity (Wildman–Crippen MR) is 98.9 cm³/mol. The zero-order valence-electron chi connectivity index (χ0n) is 15.3. The van der Waals surface area contributed by atoms with E-state index in [2.05, 4.69) is 18.2 Å². The monoisotopic (exact) mass is 340 g/mol. The van der Waals surface area contributed by atoms with Crippen LogP contribution in [0.3, 0.4) is 0 Å². The molecule has 3 nitrogen and oxygen atoms in total. The van der Waals surface area contributed by atoms with Crippen molar-refractivity contribution in [2.45, 2.75) is 58.5 Å². The van der Waals surface area contributed by atoms with E-state index in [1.54, 1.807) is 0 Å². The normalized spacial score (nSPS) is 21.5. The molecule has 0 N–H and O–H groups in total. The summed E-state index contributed by atoms with van der Waals surface area (Å²) in [6.45, 7) is 4.11. The summed E-state index contributed by atoms with van der Waals surface area (Å²) in [5.74, 6) is 1.08. The third kappa shape index (κ3) is 4.33. The smallest absolute Gasteiger partial charge is 0.341 e. The Hall–Kier alpha value is -2.03. The summed E-state index contributed by atoms with van der Waals surface area (Å²) < 4.78 is 11.4. The van der Waals surface area contributed by atoms with Crippen LogP contribution in [0.1, 0.15) is 64.0 Å². The number of esters is 1. The number of ether oxygens (including phenoxy) is 2. The summed E-state index contributed by atoms with van der Waals surface area (Å²) in [4.78, 5) is 12.5. The lowest BCUT2D eigenvalue weighted by atomic mass is 9.82. The van der Waals surface area contributed by atoms with Gasteiger partial charge in [-0.15, -0.1) is 0 Å². The minimum Gasteiger partial charge on any atom is -0.485 e. The molecule has 134 valence electrons. The molecule has 1 heterocycles. The van der Waals surface area contributed by atoms with E-state index in [0.29, 0.717) is 23.9 Å². The van der Waals surface area contributed by atoms with Gasteiger partial charge in [0.1, 0.15) is 17.4 Å². The van der Waals surface area contributed by atoms with Crippen LogP contribution in [-0.2, 0) is 14.3 Å². The average Bonchev–Trinajstić information content (AvgIpc) is 2.63. The topological polar surface area (TPSA) is 35.5 Å². The van der Waals surface area contributed by atoms with Crippen molar-refractivity contribution in [3.8, 4) is 0 Å². The molecule has 3 rings (SSSR count). The quantitative estimate of drug-likeness (QED) is 0.665. The summed E-state index contributed by atoms with van der Waals surface area (Å²) >= 11 is 0. The van der Waals surface area contributed by atoms with Crippen LogP contribution in [0.5, 0.6) is 0 Å². The van der Waals surface area contributed by atoms with E-state index in [1.807, 2.05) is 32.0 Å². The van der Waals surface area contributed by atoms with E-state index >= 15 is 0 Å². The molecule has 2 aliphatic rings. The van der Waals surface area contributed by atoms with E-state index in [0.717, 1.165) is 17.6 Å². The molecule has 1 aliphatic heterocycles. The van der Waals surface area contributed by atoms with Gasteiger partial charge in [-0.2, -0.15) is 0 Å². The molecule has 0 spiro atoms. The highest BCUT2D eigenvalue weighted by Crippen LogP contribution is 2.38. The van der Waals surface area contributed by atoms with Gasteiger partial charge in [0.05, 0.1) is 6.61 Å². The molecule has 1 aromatic carbocycles. The van der Waals surface area contributed by atoms with E-state index < -0.39 is 0 Å². The van der Waals surface area contributed by atoms with Gasteiger partial charge in [0.2, 0.25) is 0 Å². The molecule has 0 aromatic heterocycles. The minimum atomic E-state index is -0.256. The van der Waals surface area contributed by atoms with Crippen molar-refractivity contribution in [1.29, 1.82) is 0 Å². The molecule has 0 radical (unpaired) electrons. The number of carbonyl (C=O) groups is 1. The Kier molecular flexibility index (Phi) is 5.95. The lowest BCUT2D eigenvalue weighted by molar-refractivity contribution is -0.138. The summed E-state index contributed by atoms with van der Waals surface area (Å²) in [5.41, 5.74) is 2.86. The highest BCUT2D eigenvalue weighted by Gasteiger charge is 2.29. The predicted octanol–water partition coefficient (Wildman–Crippen LogP) is 5.49. The maximum Gasteiger partial charge on any atom is 0.341 e. The number of allylic oxidation sites excluding steroid dienone is 1. The molecule has 25 heavy (non-hydrogen) atoms. The Labute approximate surface area is 150 Å². The third-order valence-electron chi connectivity index (χ3n) is 5.17. The van der Waals surface area contributed by atoms with Crippen molar-refractivity contribution in [2.24, 2.45) is 5.92 Å². The molecule has 0 saturated heterocycles. The second-order valence-corrected chi connectivity index (χ2v) is 7.00. The van der Waals surface area contributed by atoms with Crippen molar-refractivity contribution >= 4 is 5.97 Å². The van der Waals surface area contributed by atoms with Crippen molar-refractivity contribution in [3.63, 3.8) is 0 Å². The van der Waals surface area contributed by atoms with Gasteiger partial charge >= 0.3 is 5.97 Å². The van der Waals surface area contributed by atoms with Gasteiger partial charge in [-0.25, -0.2) is 4.79 Å². The second kappa shape index (κ2) is 8.37. The molecule has 3 heteroatoms. The van der Waals surface area contributed by atoms with Crippen molar-refractivity contribution < 1.29 is 14.3 Å². The highest BCUT2D eigenvalue weighted by molar-refractivity contribution is 5.94. The Morgan fingerprint density at radius 2 is 1.88 bits per heavy atom. The Bertz CT molecular complexity index is 651. The maximum absolute atomic E-state index is 12.5. The zero-order chi connectivity index (χ0) is 17.6. The van der Waals surface area contributed by atoms with Gasteiger partial charge in [0, 0.05) is 0 Å². The molecule has 1 saturated carbocycles. The third-order valence-corrected chi connectivity index (χ3v) is 5.17. The number of hydrogen-bond donors (Lipinski definition) is 0. The molecule has 0 bridgehead atoms. The van der Waals surface area contributed by atoms with Crippen LogP contribution in [0.15, 0.2) is 53.3 Å². The maximum atomic E-state index is 12.5. The van der Waals surface area contributed by atoms with E-state index in [-0.39, 0.29) is 12.1 Å². The van der Waals surface area contributed by atoms with Crippen LogP contribution in [0.2, 0.25) is 0 Å². The molecular formula is C22H28O3. The first-order chi connectivity index (χ1) is 12.2. The van der Waals surface area contributed by atoms with Gasteiger partial charge in [-0.1, -0.05) is 62.4 Å². The molecule has 0 amide bonds. The molecule has 1 aromatic rings. The lowest BCUT2D eigenvalue weighted by Crippen LogP contribution is -2.20. The Balaban J connectivity index is 1.88. The van der Waals surface area contributed by atoms with Gasteiger partial charge in [0.25, 0.3) is 0 Å². The van der Waals surface area contributed by atoms with Crippen LogP contribution >= 0.6 is 0 Å². The molecular weight excluding hydrogens is 312 g/mol. The largest absolute Gasteiger partial charge is 0.485 e. The SMILES string of the molecule is CCOC(=O)C1=C(C)OC(c2ccccc2)C=C1CC1CCCCC1. The Morgan fingerprint density at radius 1 is 1.16 bits per heavy atom. The second-order valence-electron chi connectivity index (χ2n) is 7.00. The van der Waals surface area contributed by atoms with Gasteiger partial charge in [0.15, 0.2) is 0 Å². The fourth-order valence-electron chi connectivity index (χ4n) is 3.93. The lowest BCUT2D eigenvalue weighted by Gasteiger charge is -2.29. The summed E-state index contributed by atoms with van der Waals surface area (Å²) in [7, 11) is 0. The first-order valence-electron chi connectivity index (χ1n) is 9.49. The van der Waals surface area contributed by atoms with Crippen LogP contribution in [0.25, 0.3) is 0 Å². The molecule has 1 aliphatic carbocycles. The van der Waals surface area contributed by atoms with Crippen LogP contribution in [0.4, 0.5) is 0 Å². The van der Waals surface area contributed by atoms with Crippen molar-refractivity contribution in [1.82, 2.24) is 0 Å². The molecule has 1 atom stereocenters. The van der Waals surface area contributed by atoms with E-state index in [4.69, 9.17) is 9.47 Å². The van der Waals surface area contributed by atoms with Crippen LogP contribution < -0.4 is 0 Å². The average molecular weight is 340 g/mol. The van der Waals surface area contributed by atoms with E-state index in [1.165, 1.54) is 32.1 Å². The van der Waals surface area contributed by atoms with Crippen LogP contribution in [-0.4, -0.2) is 12.6 Å². The minimum absolute atomic E-state index is 0.127. The van der Waals surface area contributed by atoms with Crippen molar-refractivity contribution in [3.05, 3.63) is 58.9 Å². The van der Waals surface area contributed by atoms with Gasteiger partial charge in [-0.05, 0) is 43.4 Å². The number of carbonyl (C=O) groups excluding carboxylic acids is 1.